The third-order valence-electron chi connectivity index (χ3n) is 2.68. The van der Waals surface area contributed by atoms with Crippen LogP contribution >= 0.6 is 0 Å². The molecule has 92 valence electrons. The predicted molar refractivity (Wildman–Crippen MR) is 62.7 cm³/mol. The van der Waals surface area contributed by atoms with Crippen molar-refractivity contribution < 1.29 is 14.4 Å². The molecule has 1 heterocycles. The molecule has 0 spiro atoms. The summed E-state index contributed by atoms with van der Waals surface area (Å²) in [5.41, 5.74) is 0.941. The van der Waals surface area contributed by atoms with Crippen molar-refractivity contribution in [3.8, 4) is 5.75 Å². The van der Waals surface area contributed by atoms with E-state index >= 15 is 0 Å². The van der Waals surface area contributed by atoms with Crippen LogP contribution in [0.25, 0.3) is 0 Å². The van der Waals surface area contributed by atoms with Crippen LogP contribution < -0.4 is 9.64 Å². The number of ether oxygens (including phenoxy) is 2. The van der Waals surface area contributed by atoms with Crippen LogP contribution in [0.1, 0.15) is 0 Å². The van der Waals surface area contributed by atoms with Crippen LogP contribution in [0.4, 0.5) is 11.4 Å². The van der Waals surface area contributed by atoms with Crippen molar-refractivity contribution in [3.05, 3.63) is 28.3 Å². The highest BCUT2D eigenvalue weighted by Crippen LogP contribution is 2.34. The van der Waals surface area contributed by atoms with E-state index in [1.807, 2.05) is 0 Å². The second-order valence-corrected chi connectivity index (χ2v) is 3.74. The van der Waals surface area contributed by atoms with Gasteiger partial charge in [-0.05, 0) is 6.07 Å². The molecule has 0 saturated carbocycles. The number of anilines is 1. The normalized spacial score (nSPS) is 14.1. The summed E-state index contributed by atoms with van der Waals surface area (Å²) >= 11 is 0. The number of benzene rings is 1. The molecule has 0 aromatic heterocycles. The van der Waals surface area contributed by atoms with Crippen molar-refractivity contribution >= 4 is 11.4 Å². The fraction of sp³-hybridized carbons (Fsp3) is 0.455. The molecule has 6 nitrogen and oxygen atoms in total. The molecule has 0 radical (unpaired) electrons. The van der Waals surface area contributed by atoms with Gasteiger partial charge in [-0.1, -0.05) is 0 Å². The molecule has 0 fully saturated rings. The van der Waals surface area contributed by atoms with E-state index in [0.29, 0.717) is 19.0 Å². The van der Waals surface area contributed by atoms with Gasteiger partial charge in [0.25, 0.3) is 5.69 Å². The van der Waals surface area contributed by atoms with Crippen molar-refractivity contribution in [1.82, 2.24) is 0 Å². The second kappa shape index (κ2) is 5.01. The first kappa shape index (κ1) is 11.7. The molecule has 0 unspecified atom stereocenters. The van der Waals surface area contributed by atoms with Crippen LogP contribution in [0.3, 0.4) is 0 Å². The molecule has 0 atom stereocenters. The van der Waals surface area contributed by atoms with Crippen LogP contribution in [-0.4, -0.2) is 38.3 Å². The Morgan fingerprint density at radius 2 is 2.41 bits per heavy atom. The number of hydrogen-bond donors (Lipinski definition) is 0. The number of nitro benzene ring substituents is 1. The number of nitro groups is 1. The van der Waals surface area contributed by atoms with Crippen molar-refractivity contribution in [2.24, 2.45) is 0 Å². The maximum absolute atomic E-state index is 10.7. The van der Waals surface area contributed by atoms with Gasteiger partial charge < -0.3 is 14.4 Å². The van der Waals surface area contributed by atoms with Gasteiger partial charge in [0.05, 0.1) is 29.8 Å². The highest BCUT2D eigenvalue weighted by molar-refractivity contribution is 5.63. The first-order valence-corrected chi connectivity index (χ1v) is 5.37. The zero-order valence-corrected chi connectivity index (χ0v) is 9.59. The molecule has 0 bridgehead atoms. The third-order valence-corrected chi connectivity index (χ3v) is 2.68. The summed E-state index contributed by atoms with van der Waals surface area (Å²) in [4.78, 5) is 12.3. The van der Waals surface area contributed by atoms with Gasteiger partial charge in [0, 0.05) is 19.7 Å². The van der Waals surface area contributed by atoms with E-state index in [1.54, 1.807) is 13.2 Å². The molecule has 17 heavy (non-hydrogen) atoms. The monoisotopic (exact) mass is 238 g/mol. The first-order chi connectivity index (χ1) is 8.22. The van der Waals surface area contributed by atoms with Crippen LogP contribution in [0.15, 0.2) is 18.2 Å². The van der Waals surface area contributed by atoms with Crippen LogP contribution in [0.5, 0.6) is 5.75 Å². The summed E-state index contributed by atoms with van der Waals surface area (Å²) in [5.74, 6) is 0.571. The lowest BCUT2D eigenvalue weighted by atomic mass is 10.2. The van der Waals surface area contributed by atoms with Gasteiger partial charge in [-0.15, -0.1) is 0 Å². The number of methoxy groups -OCH3 is 1. The molecule has 1 aliphatic rings. The van der Waals surface area contributed by atoms with Crippen molar-refractivity contribution in [3.63, 3.8) is 0 Å². The maximum Gasteiger partial charge on any atom is 0.273 e. The largest absolute Gasteiger partial charge is 0.489 e. The molecule has 6 heteroatoms. The maximum atomic E-state index is 10.7. The first-order valence-electron chi connectivity index (χ1n) is 5.37. The Morgan fingerprint density at radius 1 is 1.59 bits per heavy atom. The lowest BCUT2D eigenvalue weighted by Gasteiger charge is -2.30. The number of rotatable bonds is 4. The summed E-state index contributed by atoms with van der Waals surface area (Å²) in [5, 5.41) is 10.7. The van der Waals surface area contributed by atoms with Crippen LogP contribution in [-0.2, 0) is 4.74 Å². The SMILES string of the molecule is COCCN1CCOc2cc([N+](=O)[O-])ccc21. The minimum atomic E-state index is -0.419. The average Bonchev–Trinajstić information content (AvgIpc) is 2.35. The van der Waals surface area contributed by atoms with Gasteiger partial charge >= 0.3 is 0 Å². The van der Waals surface area contributed by atoms with E-state index in [4.69, 9.17) is 9.47 Å². The molecular formula is C11H14N2O4. The Labute approximate surface area is 98.9 Å². The number of non-ortho nitro benzene ring substituents is 1. The number of fused-ring (bicyclic) bond motifs is 1. The summed E-state index contributed by atoms with van der Waals surface area (Å²) in [6.07, 6.45) is 0. The molecule has 1 aromatic carbocycles. The van der Waals surface area contributed by atoms with Gasteiger partial charge in [-0.25, -0.2) is 0 Å². The van der Waals surface area contributed by atoms with Crippen molar-refractivity contribution in [2.45, 2.75) is 0 Å². The van der Waals surface area contributed by atoms with E-state index in [9.17, 15) is 10.1 Å². The standard InChI is InChI=1S/C11H14N2O4/c1-16-6-4-12-5-7-17-11-8-9(13(14)15)2-3-10(11)12/h2-3,8H,4-7H2,1H3. The number of hydrogen-bond acceptors (Lipinski definition) is 5. The Morgan fingerprint density at radius 3 is 3.12 bits per heavy atom. The molecule has 0 N–H and O–H groups in total. The summed E-state index contributed by atoms with van der Waals surface area (Å²) in [6, 6.07) is 4.68. The Hall–Kier alpha value is -1.82. The predicted octanol–water partition coefficient (Wildman–Crippen LogP) is 1.44. The number of nitrogens with zero attached hydrogens (tertiary/aromatic N) is 2. The van der Waals surface area contributed by atoms with Crippen molar-refractivity contribution in [1.29, 1.82) is 0 Å². The van der Waals surface area contributed by atoms with E-state index < -0.39 is 4.92 Å². The average molecular weight is 238 g/mol. The van der Waals surface area contributed by atoms with Gasteiger partial charge in [0.1, 0.15) is 12.4 Å². The third kappa shape index (κ3) is 2.47. The second-order valence-electron chi connectivity index (χ2n) is 3.74. The van der Waals surface area contributed by atoms with E-state index in [1.165, 1.54) is 12.1 Å². The Balaban J connectivity index is 2.23. The van der Waals surface area contributed by atoms with Crippen molar-refractivity contribution in [2.75, 3.05) is 38.3 Å². The quantitative estimate of drug-likeness (QED) is 0.586. The fourth-order valence-electron chi connectivity index (χ4n) is 1.81. The highest BCUT2D eigenvalue weighted by Gasteiger charge is 2.20. The van der Waals surface area contributed by atoms with Gasteiger partial charge in [0.15, 0.2) is 0 Å². The van der Waals surface area contributed by atoms with Crippen LogP contribution in [0.2, 0.25) is 0 Å². The van der Waals surface area contributed by atoms with Gasteiger partial charge in [-0.3, -0.25) is 10.1 Å². The molecule has 1 aliphatic heterocycles. The summed E-state index contributed by atoms with van der Waals surface area (Å²) < 4.78 is 10.5. The molecule has 0 saturated heterocycles. The van der Waals surface area contributed by atoms with Gasteiger partial charge in [0.2, 0.25) is 0 Å². The zero-order chi connectivity index (χ0) is 12.3. The lowest BCUT2D eigenvalue weighted by molar-refractivity contribution is -0.384. The fourth-order valence-corrected chi connectivity index (χ4v) is 1.81. The molecule has 0 aliphatic carbocycles. The molecule has 1 aromatic rings. The lowest BCUT2D eigenvalue weighted by Crippen LogP contribution is -2.35. The molecular weight excluding hydrogens is 224 g/mol. The molecule has 0 amide bonds. The highest BCUT2D eigenvalue weighted by atomic mass is 16.6. The minimum Gasteiger partial charge on any atom is -0.489 e. The topological polar surface area (TPSA) is 64.8 Å². The van der Waals surface area contributed by atoms with E-state index in [2.05, 4.69) is 4.90 Å². The van der Waals surface area contributed by atoms with E-state index in [-0.39, 0.29) is 5.69 Å². The minimum absolute atomic E-state index is 0.0531. The summed E-state index contributed by atoms with van der Waals surface area (Å²) in [7, 11) is 1.65. The molecule has 2 rings (SSSR count). The van der Waals surface area contributed by atoms with E-state index in [0.717, 1.165) is 18.8 Å². The summed E-state index contributed by atoms with van der Waals surface area (Å²) in [6.45, 7) is 2.69. The smallest absolute Gasteiger partial charge is 0.273 e. The van der Waals surface area contributed by atoms with Gasteiger partial charge in [-0.2, -0.15) is 0 Å². The zero-order valence-electron chi connectivity index (χ0n) is 9.59. The van der Waals surface area contributed by atoms with Crippen LogP contribution in [0, 0.1) is 10.1 Å². The Bertz CT molecular complexity index is 422. The Kier molecular flexibility index (Phi) is 3.43.